The second kappa shape index (κ2) is 3.95. The lowest BCUT2D eigenvalue weighted by atomic mass is 9.71. The molecule has 0 saturated carbocycles. The summed E-state index contributed by atoms with van der Waals surface area (Å²) in [6, 6.07) is 14.1. The van der Waals surface area contributed by atoms with Crippen molar-refractivity contribution in [3.8, 4) is 0 Å². The molecule has 108 valence electrons. The zero-order valence-corrected chi connectivity index (χ0v) is 12.8. The predicted octanol–water partition coefficient (Wildman–Crippen LogP) is 4.39. The molecule has 2 bridgehead atoms. The molecule has 0 fully saturated rings. The molecule has 0 spiro atoms. The second-order valence-electron chi connectivity index (χ2n) is 6.22. The highest BCUT2D eigenvalue weighted by Gasteiger charge is 2.63. The van der Waals surface area contributed by atoms with Gasteiger partial charge in [-0.2, -0.15) is 0 Å². The SMILES string of the molecule is CCC12c3ccccc3C(CC)(c3cc(F)ccc31)N2C. The van der Waals surface area contributed by atoms with Gasteiger partial charge < -0.3 is 0 Å². The molecule has 2 atom stereocenters. The van der Waals surface area contributed by atoms with Gasteiger partial charge in [0.25, 0.3) is 0 Å². The van der Waals surface area contributed by atoms with Crippen molar-refractivity contribution in [2.45, 2.75) is 37.8 Å². The first kappa shape index (κ1) is 13.0. The van der Waals surface area contributed by atoms with E-state index in [0.29, 0.717) is 0 Å². The fourth-order valence-electron chi connectivity index (χ4n) is 5.00. The van der Waals surface area contributed by atoms with Gasteiger partial charge in [-0.25, -0.2) is 4.39 Å². The smallest absolute Gasteiger partial charge is 0.123 e. The van der Waals surface area contributed by atoms with Gasteiger partial charge in [-0.15, -0.1) is 0 Å². The van der Waals surface area contributed by atoms with Gasteiger partial charge in [-0.05, 0) is 54.3 Å². The van der Waals surface area contributed by atoms with Gasteiger partial charge in [0.05, 0.1) is 11.1 Å². The van der Waals surface area contributed by atoms with Gasteiger partial charge in [0.1, 0.15) is 5.82 Å². The van der Waals surface area contributed by atoms with Crippen molar-refractivity contribution in [1.29, 1.82) is 0 Å². The fraction of sp³-hybridized carbons (Fsp3) is 0.368. The Bertz CT molecular complexity index is 738. The Balaban J connectivity index is 2.17. The van der Waals surface area contributed by atoms with E-state index >= 15 is 0 Å². The first-order valence-electron chi connectivity index (χ1n) is 7.77. The average Bonchev–Trinajstić information content (AvgIpc) is 2.87. The van der Waals surface area contributed by atoms with E-state index in [0.717, 1.165) is 18.4 Å². The van der Waals surface area contributed by atoms with E-state index in [1.54, 1.807) is 12.1 Å². The third-order valence-corrected chi connectivity index (χ3v) is 5.86. The number of hydrogen-bond acceptors (Lipinski definition) is 1. The summed E-state index contributed by atoms with van der Waals surface area (Å²) in [6.45, 7) is 4.44. The van der Waals surface area contributed by atoms with Crippen LogP contribution in [-0.4, -0.2) is 11.9 Å². The maximum absolute atomic E-state index is 13.9. The normalized spacial score (nSPS) is 29.5. The molecule has 0 aliphatic carbocycles. The van der Waals surface area contributed by atoms with E-state index in [2.05, 4.69) is 50.1 Å². The molecule has 0 aromatic heterocycles. The lowest BCUT2D eigenvalue weighted by Crippen LogP contribution is -2.42. The molecule has 2 heteroatoms. The van der Waals surface area contributed by atoms with Crippen LogP contribution in [-0.2, 0) is 11.1 Å². The van der Waals surface area contributed by atoms with Crippen molar-refractivity contribution in [2.24, 2.45) is 0 Å². The van der Waals surface area contributed by atoms with E-state index in [4.69, 9.17) is 0 Å². The van der Waals surface area contributed by atoms with Crippen molar-refractivity contribution in [2.75, 3.05) is 7.05 Å². The van der Waals surface area contributed by atoms with Gasteiger partial charge in [0, 0.05) is 0 Å². The first-order chi connectivity index (χ1) is 10.1. The average molecular weight is 281 g/mol. The molecule has 4 rings (SSSR count). The van der Waals surface area contributed by atoms with Crippen LogP contribution in [0.5, 0.6) is 0 Å². The summed E-state index contributed by atoms with van der Waals surface area (Å²) in [4.78, 5) is 2.48. The van der Waals surface area contributed by atoms with Crippen LogP contribution < -0.4 is 0 Å². The molecule has 1 nitrogen and oxygen atoms in total. The molecule has 21 heavy (non-hydrogen) atoms. The van der Waals surface area contributed by atoms with Gasteiger partial charge in [-0.1, -0.05) is 44.2 Å². The first-order valence-corrected chi connectivity index (χ1v) is 7.77. The Morgan fingerprint density at radius 2 is 1.38 bits per heavy atom. The molecule has 2 aromatic rings. The van der Waals surface area contributed by atoms with E-state index in [1.165, 1.54) is 16.7 Å². The van der Waals surface area contributed by atoms with E-state index < -0.39 is 0 Å². The summed E-state index contributed by atoms with van der Waals surface area (Å²) < 4.78 is 13.9. The second-order valence-corrected chi connectivity index (χ2v) is 6.22. The number of fused-ring (bicyclic) bond motifs is 8. The van der Waals surface area contributed by atoms with Gasteiger partial charge in [0.15, 0.2) is 0 Å². The maximum Gasteiger partial charge on any atom is 0.123 e. The van der Waals surface area contributed by atoms with E-state index in [-0.39, 0.29) is 16.9 Å². The van der Waals surface area contributed by atoms with E-state index in [9.17, 15) is 4.39 Å². The molecule has 0 saturated heterocycles. The number of halogens is 1. The van der Waals surface area contributed by atoms with Gasteiger partial charge in [0.2, 0.25) is 0 Å². The molecule has 2 aliphatic rings. The molecule has 0 N–H and O–H groups in total. The zero-order chi connectivity index (χ0) is 14.8. The summed E-state index contributed by atoms with van der Waals surface area (Å²) in [5.41, 5.74) is 4.92. The van der Waals surface area contributed by atoms with Crippen molar-refractivity contribution in [3.63, 3.8) is 0 Å². The predicted molar refractivity (Wildman–Crippen MR) is 82.7 cm³/mol. The van der Waals surface area contributed by atoms with Crippen LogP contribution in [0.15, 0.2) is 42.5 Å². The topological polar surface area (TPSA) is 3.24 Å². The van der Waals surface area contributed by atoms with Crippen molar-refractivity contribution in [3.05, 3.63) is 70.5 Å². The summed E-state index contributed by atoms with van der Waals surface area (Å²) in [5, 5.41) is 0. The minimum atomic E-state index is -0.177. The van der Waals surface area contributed by atoms with Crippen LogP contribution in [0.4, 0.5) is 4.39 Å². The zero-order valence-electron chi connectivity index (χ0n) is 12.8. The van der Waals surface area contributed by atoms with Crippen LogP contribution in [0.2, 0.25) is 0 Å². The van der Waals surface area contributed by atoms with Gasteiger partial charge in [-0.3, -0.25) is 4.90 Å². The molecular weight excluding hydrogens is 261 g/mol. The van der Waals surface area contributed by atoms with Crippen molar-refractivity contribution < 1.29 is 4.39 Å². The Hall–Kier alpha value is -1.67. The Kier molecular flexibility index (Phi) is 2.45. The van der Waals surface area contributed by atoms with Crippen molar-refractivity contribution >= 4 is 0 Å². The Morgan fingerprint density at radius 3 is 1.95 bits per heavy atom. The Morgan fingerprint density at radius 1 is 0.857 bits per heavy atom. The standard InChI is InChI=1S/C19H20FN/c1-4-18-14-8-6-7-9-15(14)19(5-2,21(18)3)17-12-13(20)10-11-16(17)18/h6-12H,4-5H2,1-3H3. The third-order valence-electron chi connectivity index (χ3n) is 5.86. The monoisotopic (exact) mass is 281 g/mol. The molecular formula is C19H20FN. The molecule has 2 unspecified atom stereocenters. The van der Waals surface area contributed by atoms with Crippen LogP contribution in [0.25, 0.3) is 0 Å². The number of hydrogen-bond donors (Lipinski definition) is 0. The lowest BCUT2D eigenvalue weighted by molar-refractivity contribution is 0.103. The quantitative estimate of drug-likeness (QED) is 0.789. The summed E-state index contributed by atoms with van der Waals surface area (Å²) in [5.74, 6) is -0.133. The largest absolute Gasteiger partial charge is 0.279 e. The summed E-state index contributed by atoms with van der Waals surface area (Å²) in [7, 11) is 2.20. The minimum Gasteiger partial charge on any atom is -0.279 e. The molecule has 2 aromatic carbocycles. The minimum absolute atomic E-state index is 0.102. The number of nitrogens with zero attached hydrogens (tertiary/aromatic N) is 1. The van der Waals surface area contributed by atoms with Crippen LogP contribution in [0.1, 0.15) is 48.9 Å². The Labute approximate surface area is 125 Å². The van der Waals surface area contributed by atoms with Crippen LogP contribution in [0.3, 0.4) is 0 Å². The molecule has 2 heterocycles. The highest BCUT2D eigenvalue weighted by atomic mass is 19.1. The van der Waals surface area contributed by atoms with Crippen molar-refractivity contribution in [1.82, 2.24) is 4.90 Å². The lowest BCUT2D eigenvalue weighted by Gasteiger charge is -2.36. The van der Waals surface area contributed by atoms with Crippen LogP contribution in [0, 0.1) is 5.82 Å². The summed E-state index contributed by atoms with van der Waals surface area (Å²) >= 11 is 0. The summed E-state index contributed by atoms with van der Waals surface area (Å²) in [6.07, 6.45) is 1.96. The molecule has 0 radical (unpaired) electrons. The fourth-order valence-corrected chi connectivity index (χ4v) is 5.00. The molecule has 0 amide bonds. The van der Waals surface area contributed by atoms with Gasteiger partial charge >= 0.3 is 0 Å². The third kappa shape index (κ3) is 1.18. The molecule has 2 aliphatic heterocycles. The van der Waals surface area contributed by atoms with E-state index in [1.807, 2.05) is 6.07 Å². The highest BCUT2D eigenvalue weighted by molar-refractivity contribution is 5.65. The number of benzene rings is 2. The van der Waals surface area contributed by atoms with Crippen LogP contribution >= 0.6 is 0 Å². The number of rotatable bonds is 2. The maximum atomic E-state index is 13.9. The highest BCUT2D eigenvalue weighted by Crippen LogP contribution is 2.64.